The van der Waals surface area contributed by atoms with E-state index in [2.05, 4.69) is 6.58 Å². The molecular formula is C13H18N2O. The van der Waals surface area contributed by atoms with Gasteiger partial charge in [0.05, 0.1) is 0 Å². The Morgan fingerprint density at radius 1 is 1.38 bits per heavy atom. The van der Waals surface area contributed by atoms with E-state index >= 15 is 0 Å². The first kappa shape index (κ1) is 12.5. The summed E-state index contributed by atoms with van der Waals surface area (Å²) in [5.74, 6) is -0.0442. The SMILES string of the molecule is C=CC(=O)N(CCCN)Cc1ccccc1. The van der Waals surface area contributed by atoms with Crippen molar-refractivity contribution in [3.05, 3.63) is 48.6 Å². The second-order valence-corrected chi connectivity index (χ2v) is 3.59. The van der Waals surface area contributed by atoms with Gasteiger partial charge in [-0.3, -0.25) is 4.79 Å². The van der Waals surface area contributed by atoms with Gasteiger partial charge in [0.2, 0.25) is 5.91 Å². The van der Waals surface area contributed by atoms with E-state index in [9.17, 15) is 4.79 Å². The van der Waals surface area contributed by atoms with E-state index in [1.54, 1.807) is 4.90 Å². The van der Waals surface area contributed by atoms with Crippen LogP contribution in [-0.4, -0.2) is 23.9 Å². The second kappa shape index (κ2) is 6.80. The molecule has 0 unspecified atom stereocenters. The summed E-state index contributed by atoms with van der Waals surface area (Å²) in [7, 11) is 0. The first-order valence-corrected chi connectivity index (χ1v) is 5.43. The number of amides is 1. The lowest BCUT2D eigenvalue weighted by Crippen LogP contribution is -2.30. The van der Waals surface area contributed by atoms with Gasteiger partial charge in [0.1, 0.15) is 0 Å². The van der Waals surface area contributed by atoms with Gasteiger partial charge in [0.15, 0.2) is 0 Å². The van der Waals surface area contributed by atoms with Gasteiger partial charge in [0.25, 0.3) is 0 Å². The van der Waals surface area contributed by atoms with Crippen LogP contribution < -0.4 is 5.73 Å². The highest BCUT2D eigenvalue weighted by Crippen LogP contribution is 2.05. The maximum atomic E-state index is 11.6. The monoisotopic (exact) mass is 218 g/mol. The molecule has 0 aliphatic heterocycles. The number of nitrogens with two attached hydrogens (primary N) is 1. The van der Waals surface area contributed by atoms with Crippen LogP contribution in [-0.2, 0) is 11.3 Å². The number of hydrogen-bond donors (Lipinski definition) is 1. The highest BCUT2D eigenvalue weighted by molar-refractivity contribution is 5.86. The van der Waals surface area contributed by atoms with Gasteiger partial charge in [-0.2, -0.15) is 0 Å². The number of carbonyl (C=O) groups excluding carboxylic acids is 1. The van der Waals surface area contributed by atoms with E-state index in [0.29, 0.717) is 19.6 Å². The third-order valence-corrected chi connectivity index (χ3v) is 2.33. The van der Waals surface area contributed by atoms with Crippen LogP contribution in [0.1, 0.15) is 12.0 Å². The summed E-state index contributed by atoms with van der Waals surface area (Å²) in [6.07, 6.45) is 2.16. The maximum Gasteiger partial charge on any atom is 0.246 e. The molecule has 1 aromatic rings. The lowest BCUT2D eigenvalue weighted by atomic mass is 10.2. The Hall–Kier alpha value is -1.61. The van der Waals surface area contributed by atoms with Gasteiger partial charge in [-0.05, 0) is 24.6 Å². The Balaban J connectivity index is 2.63. The fourth-order valence-corrected chi connectivity index (χ4v) is 1.48. The normalized spacial score (nSPS) is 9.81. The molecule has 0 aliphatic rings. The summed E-state index contributed by atoms with van der Waals surface area (Å²) in [4.78, 5) is 13.3. The summed E-state index contributed by atoms with van der Waals surface area (Å²) in [5, 5.41) is 0. The van der Waals surface area contributed by atoms with Crippen molar-refractivity contribution >= 4 is 5.91 Å². The highest BCUT2D eigenvalue weighted by Gasteiger charge is 2.09. The predicted octanol–water partition coefficient (Wildman–Crippen LogP) is 1.55. The van der Waals surface area contributed by atoms with Crippen molar-refractivity contribution in [2.75, 3.05) is 13.1 Å². The van der Waals surface area contributed by atoms with E-state index in [1.807, 2.05) is 30.3 Å². The van der Waals surface area contributed by atoms with Gasteiger partial charge in [-0.15, -0.1) is 0 Å². The molecule has 3 nitrogen and oxygen atoms in total. The fourth-order valence-electron chi connectivity index (χ4n) is 1.48. The van der Waals surface area contributed by atoms with Crippen molar-refractivity contribution in [3.63, 3.8) is 0 Å². The van der Waals surface area contributed by atoms with Crippen molar-refractivity contribution in [3.8, 4) is 0 Å². The molecule has 0 heterocycles. The van der Waals surface area contributed by atoms with E-state index in [4.69, 9.17) is 5.73 Å². The van der Waals surface area contributed by atoms with Crippen molar-refractivity contribution in [1.82, 2.24) is 4.90 Å². The van der Waals surface area contributed by atoms with Gasteiger partial charge < -0.3 is 10.6 Å². The Labute approximate surface area is 96.6 Å². The second-order valence-electron chi connectivity index (χ2n) is 3.59. The zero-order chi connectivity index (χ0) is 11.8. The molecule has 0 aromatic heterocycles. The van der Waals surface area contributed by atoms with E-state index < -0.39 is 0 Å². The van der Waals surface area contributed by atoms with Gasteiger partial charge in [-0.1, -0.05) is 36.9 Å². The topological polar surface area (TPSA) is 46.3 Å². The molecule has 3 heteroatoms. The minimum absolute atomic E-state index is 0.0442. The number of nitrogens with zero attached hydrogens (tertiary/aromatic N) is 1. The largest absolute Gasteiger partial charge is 0.335 e. The smallest absolute Gasteiger partial charge is 0.246 e. The summed E-state index contributed by atoms with van der Waals surface area (Å²) < 4.78 is 0. The van der Waals surface area contributed by atoms with Crippen molar-refractivity contribution in [1.29, 1.82) is 0 Å². The van der Waals surface area contributed by atoms with E-state index in [-0.39, 0.29) is 5.91 Å². The summed E-state index contributed by atoms with van der Waals surface area (Å²) >= 11 is 0. The number of rotatable bonds is 6. The van der Waals surface area contributed by atoms with Crippen LogP contribution in [0.3, 0.4) is 0 Å². The molecule has 0 saturated heterocycles. The molecule has 0 fully saturated rings. The van der Waals surface area contributed by atoms with Crippen LogP contribution in [0.5, 0.6) is 0 Å². The van der Waals surface area contributed by atoms with Crippen LogP contribution in [0.4, 0.5) is 0 Å². The van der Waals surface area contributed by atoms with Crippen LogP contribution in [0.25, 0.3) is 0 Å². The zero-order valence-electron chi connectivity index (χ0n) is 9.43. The Kier molecular flexibility index (Phi) is 5.29. The highest BCUT2D eigenvalue weighted by atomic mass is 16.2. The molecule has 0 spiro atoms. The molecule has 0 aliphatic carbocycles. The average Bonchev–Trinajstić information content (AvgIpc) is 2.34. The molecule has 1 aromatic carbocycles. The first-order chi connectivity index (χ1) is 7.77. The third-order valence-electron chi connectivity index (χ3n) is 2.33. The summed E-state index contributed by atoms with van der Waals surface area (Å²) in [6.45, 7) is 5.40. The fraction of sp³-hybridized carbons (Fsp3) is 0.308. The predicted molar refractivity (Wildman–Crippen MR) is 65.7 cm³/mol. The van der Waals surface area contributed by atoms with Crippen molar-refractivity contribution < 1.29 is 4.79 Å². The average molecular weight is 218 g/mol. The lowest BCUT2D eigenvalue weighted by molar-refractivity contribution is -0.126. The molecule has 86 valence electrons. The third kappa shape index (κ3) is 3.87. The van der Waals surface area contributed by atoms with Gasteiger partial charge in [0, 0.05) is 13.1 Å². The van der Waals surface area contributed by atoms with E-state index in [1.165, 1.54) is 6.08 Å². The van der Waals surface area contributed by atoms with Crippen molar-refractivity contribution in [2.24, 2.45) is 5.73 Å². The molecule has 1 rings (SSSR count). The zero-order valence-corrected chi connectivity index (χ0v) is 9.43. The molecule has 0 saturated carbocycles. The number of benzene rings is 1. The standard InChI is InChI=1S/C13H18N2O/c1-2-13(16)15(10-6-9-14)11-12-7-4-3-5-8-12/h2-5,7-8H,1,6,9-11,14H2. The van der Waals surface area contributed by atoms with Gasteiger partial charge >= 0.3 is 0 Å². The minimum atomic E-state index is -0.0442. The summed E-state index contributed by atoms with van der Waals surface area (Å²) in [6, 6.07) is 9.91. The molecule has 0 bridgehead atoms. The molecule has 16 heavy (non-hydrogen) atoms. The quantitative estimate of drug-likeness (QED) is 0.736. The van der Waals surface area contributed by atoms with Crippen LogP contribution in [0.15, 0.2) is 43.0 Å². The maximum absolute atomic E-state index is 11.6. The summed E-state index contributed by atoms with van der Waals surface area (Å²) in [5.41, 5.74) is 6.57. The lowest BCUT2D eigenvalue weighted by Gasteiger charge is -2.20. The molecular weight excluding hydrogens is 200 g/mol. The first-order valence-electron chi connectivity index (χ1n) is 5.43. The molecule has 1 amide bonds. The Morgan fingerprint density at radius 3 is 2.62 bits per heavy atom. The Bertz CT molecular complexity index is 335. The van der Waals surface area contributed by atoms with Gasteiger partial charge in [-0.25, -0.2) is 0 Å². The molecule has 2 N–H and O–H groups in total. The molecule has 0 atom stereocenters. The molecule has 0 radical (unpaired) electrons. The minimum Gasteiger partial charge on any atom is -0.335 e. The van der Waals surface area contributed by atoms with Crippen LogP contribution in [0, 0.1) is 0 Å². The van der Waals surface area contributed by atoms with Crippen LogP contribution in [0.2, 0.25) is 0 Å². The van der Waals surface area contributed by atoms with Crippen molar-refractivity contribution in [2.45, 2.75) is 13.0 Å². The number of hydrogen-bond acceptors (Lipinski definition) is 2. The number of carbonyl (C=O) groups is 1. The van der Waals surface area contributed by atoms with Crippen LogP contribution >= 0.6 is 0 Å². The van der Waals surface area contributed by atoms with E-state index in [0.717, 1.165) is 12.0 Å². The Morgan fingerprint density at radius 2 is 2.06 bits per heavy atom.